The molecule has 0 aliphatic rings. The number of carbonyl (C=O) groups excluding carboxylic acids is 1. The van der Waals surface area contributed by atoms with Gasteiger partial charge in [0.25, 0.3) is 0 Å². The summed E-state index contributed by atoms with van der Waals surface area (Å²) in [4.78, 5) is 16.4. The number of carbonyl (C=O) groups is 1. The Morgan fingerprint density at radius 1 is 1.15 bits per heavy atom. The third kappa shape index (κ3) is 4.63. The van der Waals surface area contributed by atoms with Gasteiger partial charge in [-0.05, 0) is 36.4 Å². The second-order valence-electron chi connectivity index (χ2n) is 5.74. The van der Waals surface area contributed by atoms with Gasteiger partial charge in [-0.1, -0.05) is 0 Å². The highest BCUT2D eigenvalue weighted by molar-refractivity contribution is 5.92. The Morgan fingerprint density at radius 2 is 1.93 bits per heavy atom. The highest BCUT2D eigenvalue weighted by Crippen LogP contribution is 2.29. The van der Waals surface area contributed by atoms with Crippen molar-refractivity contribution in [3.63, 3.8) is 0 Å². The van der Waals surface area contributed by atoms with Crippen LogP contribution in [0.5, 0.6) is 11.5 Å². The Bertz CT molecular complexity index is 922. The summed E-state index contributed by atoms with van der Waals surface area (Å²) in [7, 11) is 3.08. The minimum Gasteiger partial charge on any atom is -0.497 e. The second kappa shape index (κ2) is 8.35. The average molecular weight is 370 g/mol. The molecule has 0 atom stereocenters. The third-order valence-corrected chi connectivity index (χ3v) is 3.93. The molecule has 140 valence electrons. The van der Waals surface area contributed by atoms with Gasteiger partial charge in [-0.2, -0.15) is 0 Å². The van der Waals surface area contributed by atoms with E-state index in [0.29, 0.717) is 35.3 Å². The fourth-order valence-electron chi connectivity index (χ4n) is 2.52. The highest BCUT2D eigenvalue weighted by atomic mass is 19.1. The normalized spacial score (nSPS) is 10.5. The number of aryl methyl sites for hydroxylation is 1. The molecule has 1 heterocycles. The monoisotopic (exact) mass is 370 g/mol. The van der Waals surface area contributed by atoms with Crippen molar-refractivity contribution in [2.45, 2.75) is 12.8 Å². The lowest BCUT2D eigenvalue weighted by atomic mass is 10.2. The van der Waals surface area contributed by atoms with Crippen molar-refractivity contribution >= 4 is 11.6 Å². The summed E-state index contributed by atoms with van der Waals surface area (Å²) in [5, 5.41) is 2.80. The molecule has 0 spiro atoms. The first-order valence-corrected chi connectivity index (χ1v) is 8.31. The second-order valence-corrected chi connectivity index (χ2v) is 5.74. The van der Waals surface area contributed by atoms with Crippen LogP contribution in [0.25, 0.3) is 11.3 Å². The predicted molar refractivity (Wildman–Crippen MR) is 98.4 cm³/mol. The summed E-state index contributed by atoms with van der Waals surface area (Å²) < 4.78 is 29.0. The van der Waals surface area contributed by atoms with Gasteiger partial charge in [0.1, 0.15) is 17.3 Å². The summed E-state index contributed by atoms with van der Waals surface area (Å²) in [6.07, 6.45) is 2.08. The maximum atomic E-state index is 13.0. The van der Waals surface area contributed by atoms with Crippen LogP contribution in [0.3, 0.4) is 0 Å². The number of benzene rings is 2. The molecule has 0 unspecified atom stereocenters. The highest BCUT2D eigenvalue weighted by Gasteiger charge is 2.12. The smallest absolute Gasteiger partial charge is 0.224 e. The lowest BCUT2D eigenvalue weighted by Gasteiger charge is -2.11. The maximum absolute atomic E-state index is 13.0. The summed E-state index contributed by atoms with van der Waals surface area (Å²) in [5.74, 6) is 1.59. The van der Waals surface area contributed by atoms with Crippen LogP contribution in [0.1, 0.15) is 12.3 Å². The van der Waals surface area contributed by atoms with Crippen LogP contribution in [-0.4, -0.2) is 25.1 Å². The van der Waals surface area contributed by atoms with Gasteiger partial charge in [-0.15, -0.1) is 0 Å². The number of hydrogen-bond donors (Lipinski definition) is 1. The Labute approximate surface area is 155 Å². The quantitative estimate of drug-likeness (QED) is 0.679. The molecule has 3 aromatic rings. The SMILES string of the molecule is COc1ccc(OC)c(NC(=O)CCc2ncc(-c3ccc(F)cc3)o2)c1. The molecule has 0 saturated carbocycles. The molecule has 0 fully saturated rings. The van der Waals surface area contributed by atoms with E-state index in [2.05, 4.69) is 10.3 Å². The van der Waals surface area contributed by atoms with Crippen molar-refractivity contribution in [2.24, 2.45) is 0 Å². The minimum absolute atomic E-state index is 0.184. The van der Waals surface area contributed by atoms with Gasteiger partial charge in [0.15, 0.2) is 11.7 Å². The van der Waals surface area contributed by atoms with Crippen LogP contribution in [-0.2, 0) is 11.2 Å². The molecule has 0 aliphatic carbocycles. The minimum atomic E-state index is -0.317. The zero-order valence-electron chi connectivity index (χ0n) is 15.0. The maximum Gasteiger partial charge on any atom is 0.224 e. The lowest BCUT2D eigenvalue weighted by molar-refractivity contribution is -0.116. The van der Waals surface area contributed by atoms with Gasteiger partial charge in [0.05, 0.1) is 26.1 Å². The van der Waals surface area contributed by atoms with Gasteiger partial charge < -0.3 is 19.2 Å². The van der Waals surface area contributed by atoms with Gasteiger partial charge in [0.2, 0.25) is 5.91 Å². The number of rotatable bonds is 7. The van der Waals surface area contributed by atoms with Crippen LogP contribution in [0.4, 0.5) is 10.1 Å². The van der Waals surface area contributed by atoms with Crippen molar-refractivity contribution < 1.29 is 23.1 Å². The van der Waals surface area contributed by atoms with Crippen LogP contribution < -0.4 is 14.8 Å². The zero-order chi connectivity index (χ0) is 19.2. The van der Waals surface area contributed by atoms with E-state index >= 15 is 0 Å². The molecule has 1 aromatic heterocycles. The first-order valence-electron chi connectivity index (χ1n) is 8.31. The number of methoxy groups -OCH3 is 2. The lowest BCUT2D eigenvalue weighted by Crippen LogP contribution is -2.13. The molecule has 1 amide bonds. The Morgan fingerprint density at radius 3 is 2.63 bits per heavy atom. The first-order chi connectivity index (χ1) is 13.1. The van der Waals surface area contributed by atoms with E-state index in [1.165, 1.54) is 19.2 Å². The molecular weight excluding hydrogens is 351 g/mol. The van der Waals surface area contributed by atoms with Crippen LogP contribution >= 0.6 is 0 Å². The van der Waals surface area contributed by atoms with Crippen molar-refractivity contribution in [1.29, 1.82) is 0 Å². The first kappa shape index (κ1) is 18.4. The van der Waals surface area contributed by atoms with E-state index in [4.69, 9.17) is 13.9 Å². The number of anilines is 1. The largest absolute Gasteiger partial charge is 0.497 e. The summed E-state index contributed by atoms with van der Waals surface area (Å²) in [6.45, 7) is 0. The summed E-state index contributed by atoms with van der Waals surface area (Å²) >= 11 is 0. The standard InChI is InChI=1S/C20H19FN2O4/c1-25-15-7-8-17(26-2)16(11-15)23-19(24)9-10-20-22-12-18(27-20)13-3-5-14(21)6-4-13/h3-8,11-12H,9-10H2,1-2H3,(H,23,24). The molecule has 0 bridgehead atoms. The zero-order valence-corrected chi connectivity index (χ0v) is 15.0. The molecule has 7 heteroatoms. The van der Waals surface area contributed by atoms with E-state index in [1.807, 2.05) is 0 Å². The van der Waals surface area contributed by atoms with E-state index in [-0.39, 0.29) is 18.1 Å². The van der Waals surface area contributed by atoms with Crippen molar-refractivity contribution in [3.8, 4) is 22.8 Å². The number of aromatic nitrogens is 1. The summed E-state index contributed by atoms with van der Waals surface area (Å²) in [5.41, 5.74) is 1.25. The van der Waals surface area contributed by atoms with Crippen molar-refractivity contribution in [1.82, 2.24) is 4.98 Å². The fraction of sp³-hybridized carbons (Fsp3) is 0.200. The number of oxazole rings is 1. The van der Waals surface area contributed by atoms with Crippen molar-refractivity contribution in [3.05, 3.63) is 60.4 Å². The molecule has 6 nitrogen and oxygen atoms in total. The molecular formula is C20H19FN2O4. The van der Waals surface area contributed by atoms with Gasteiger partial charge >= 0.3 is 0 Å². The number of ether oxygens (including phenoxy) is 2. The summed E-state index contributed by atoms with van der Waals surface area (Å²) in [6, 6.07) is 11.1. The number of hydrogen-bond acceptors (Lipinski definition) is 5. The molecule has 27 heavy (non-hydrogen) atoms. The van der Waals surface area contributed by atoms with Gasteiger partial charge in [0, 0.05) is 24.5 Å². The molecule has 0 radical (unpaired) electrons. The Hall–Kier alpha value is -3.35. The number of nitrogens with zero attached hydrogens (tertiary/aromatic N) is 1. The average Bonchev–Trinajstić information content (AvgIpc) is 3.16. The van der Waals surface area contributed by atoms with E-state index in [1.54, 1.807) is 43.6 Å². The van der Waals surface area contributed by atoms with Crippen LogP contribution in [0.2, 0.25) is 0 Å². The Balaban J connectivity index is 1.61. The van der Waals surface area contributed by atoms with Crippen LogP contribution in [0.15, 0.2) is 53.1 Å². The predicted octanol–water partition coefficient (Wildman–Crippen LogP) is 4.07. The number of halogens is 1. The topological polar surface area (TPSA) is 73.6 Å². The molecule has 1 N–H and O–H groups in total. The van der Waals surface area contributed by atoms with Crippen LogP contribution in [0, 0.1) is 5.82 Å². The molecule has 0 aliphatic heterocycles. The van der Waals surface area contributed by atoms with Crippen molar-refractivity contribution in [2.75, 3.05) is 19.5 Å². The number of nitrogens with one attached hydrogen (secondary N) is 1. The van der Waals surface area contributed by atoms with E-state index in [9.17, 15) is 9.18 Å². The van der Waals surface area contributed by atoms with Gasteiger partial charge in [-0.25, -0.2) is 9.37 Å². The third-order valence-electron chi connectivity index (χ3n) is 3.93. The molecule has 0 saturated heterocycles. The van der Waals surface area contributed by atoms with E-state index in [0.717, 1.165) is 5.56 Å². The Kier molecular flexibility index (Phi) is 5.71. The molecule has 2 aromatic carbocycles. The number of amides is 1. The van der Waals surface area contributed by atoms with Gasteiger partial charge in [-0.3, -0.25) is 4.79 Å². The fourth-order valence-corrected chi connectivity index (χ4v) is 2.52. The molecule has 3 rings (SSSR count). The van der Waals surface area contributed by atoms with E-state index < -0.39 is 0 Å².